The molecule has 15 heteroatoms. The molecule has 4 saturated heterocycles. The molecule has 4 aromatic rings. The van der Waals surface area contributed by atoms with Crippen molar-refractivity contribution in [1.29, 1.82) is 0 Å². The van der Waals surface area contributed by atoms with Gasteiger partial charge in [-0.25, -0.2) is 22.9 Å². The van der Waals surface area contributed by atoms with E-state index in [1.54, 1.807) is 11.0 Å². The first-order chi connectivity index (χ1) is 26.9. The third-order valence-corrected chi connectivity index (χ3v) is 11.8. The minimum absolute atomic E-state index is 0.0543. The molecule has 0 N–H and O–H groups in total. The predicted molar refractivity (Wildman–Crippen MR) is 201 cm³/mol. The first-order valence-corrected chi connectivity index (χ1v) is 19.1. The molecule has 5 atom stereocenters. The van der Waals surface area contributed by atoms with Crippen LogP contribution in [0.15, 0.2) is 24.3 Å². The number of rotatable bonds is 7. The van der Waals surface area contributed by atoms with Gasteiger partial charge in [-0.15, -0.1) is 6.42 Å². The van der Waals surface area contributed by atoms with Crippen LogP contribution in [0, 0.1) is 24.0 Å². The molecule has 294 valence electrons. The third-order valence-electron chi connectivity index (χ3n) is 11.8. The summed E-state index contributed by atoms with van der Waals surface area (Å²) < 4.78 is 77.2. The van der Waals surface area contributed by atoms with Gasteiger partial charge in [0.05, 0.1) is 29.2 Å². The molecule has 0 spiro atoms. The van der Waals surface area contributed by atoms with E-state index in [1.807, 2.05) is 25.7 Å². The van der Waals surface area contributed by atoms with Gasteiger partial charge in [-0.2, -0.15) is 9.97 Å². The summed E-state index contributed by atoms with van der Waals surface area (Å²) in [6.45, 7) is 7.07. The van der Waals surface area contributed by atoms with Crippen LogP contribution in [-0.4, -0.2) is 113 Å². The molecule has 56 heavy (non-hydrogen) atoms. The first kappa shape index (κ1) is 36.6. The maximum absolute atomic E-state index is 17.5. The number of halogens is 3. The smallest absolute Gasteiger partial charge is 0.410 e. The molecule has 1 amide bonds. The van der Waals surface area contributed by atoms with Crippen LogP contribution in [0.3, 0.4) is 0 Å². The van der Waals surface area contributed by atoms with E-state index in [-0.39, 0.29) is 77.1 Å². The summed E-state index contributed by atoms with van der Waals surface area (Å²) in [6, 6.07) is 4.97. The summed E-state index contributed by atoms with van der Waals surface area (Å²) in [4.78, 5) is 33.9. The number of carbonyl (C=O) groups excluding carboxylic acids is 1. The standard InChI is InChI=1S/C41H43F3N6O6/c1-6-26-28(43)10-8-22-14-25(55-21-52-5)15-27(31(22)26)34-33(44)35-32-36(47-38(46-35)54-20-41-12-7-13-48(41)17-23(42)16-41)49-18-24-9-11-29(30(49)19-53-37(32)45-34)50(24)39(51)56-40(2,3)4/h1,8,10,14-15,23-24,29-30H,7,9,11-13,16-21H2,2-5H3/t23-,24-,29+,30+,41+/m1/s1. The Balaban J connectivity index is 1.21. The van der Waals surface area contributed by atoms with Crippen molar-refractivity contribution in [2.45, 2.75) is 88.3 Å². The molecule has 2 bridgehead atoms. The Morgan fingerprint density at radius 2 is 1.93 bits per heavy atom. The lowest BCUT2D eigenvalue weighted by Crippen LogP contribution is -2.63. The summed E-state index contributed by atoms with van der Waals surface area (Å²) in [6.07, 6.45) is 7.89. The monoisotopic (exact) mass is 772 g/mol. The zero-order valence-corrected chi connectivity index (χ0v) is 31.7. The van der Waals surface area contributed by atoms with Crippen LogP contribution in [0.25, 0.3) is 32.9 Å². The second-order valence-corrected chi connectivity index (χ2v) is 16.4. The number of ether oxygens (including phenoxy) is 5. The number of aromatic nitrogens is 3. The number of anilines is 1. The molecule has 7 heterocycles. The van der Waals surface area contributed by atoms with Crippen molar-refractivity contribution < 1.29 is 41.7 Å². The Morgan fingerprint density at radius 1 is 1.09 bits per heavy atom. The van der Waals surface area contributed by atoms with Gasteiger partial charge >= 0.3 is 12.1 Å². The second kappa shape index (κ2) is 13.5. The summed E-state index contributed by atoms with van der Waals surface area (Å²) in [5.74, 6) is 1.65. The molecule has 2 aromatic carbocycles. The van der Waals surface area contributed by atoms with Gasteiger partial charge in [-0.05, 0) is 76.6 Å². The number of terminal acetylenes is 1. The maximum atomic E-state index is 17.5. The molecule has 0 unspecified atom stereocenters. The average Bonchev–Trinajstić information content (AvgIpc) is 3.76. The van der Waals surface area contributed by atoms with Gasteiger partial charge < -0.3 is 28.6 Å². The fourth-order valence-corrected chi connectivity index (χ4v) is 9.50. The van der Waals surface area contributed by atoms with Crippen LogP contribution in [0.4, 0.5) is 23.8 Å². The van der Waals surface area contributed by atoms with Crippen LogP contribution in [0.5, 0.6) is 17.6 Å². The fourth-order valence-electron chi connectivity index (χ4n) is 9.50. The molecular formula is C41H43F3N6O6. The second-order valence-electron chi connectivity index (χ2n) is 16.4. The number of methoxy groups -OCH3 is 1. The van der Waals surface area contributed by atoms with Crippen LogP contribution in [0.1, 0.15) is 58.4 Å². The molecular weight excluding hydrogens is 729 g/mol. The number of piperazine rings is 1. The lowest BCUT2D eigenvalue weighted by molar-refractivity contribution is 0.00537. The normalized spacial score (nSPS) is 25.5. The maximum Gasteiger partial charge on any atom is 0.410 e. The van der Waals surface area contributed by atoms with Crippen molar-refractivity contribution in [3.05, 3.63) is 41.5 Å². The zero-order valence-electron chi connectivity index (χ0n) is 31.7. The Morgan fingerprint density at radius 3 is 2.71 bits per heavy atom. The summed E-state index contributed by atoms with van der Waals surface area (Å²) in [7, 11) is 1.47. The molecule has 5 aliphatic heterocycles. The van der Waals surface area contributed by atoms with Crippen molar-refractivity contribution in [3.63, 3.8) is 0 Å². The minimum atomic E-state index is -0.972. The van der Waals surface area contributed by atoms with E-state index in [4.69, 9.17) is 40.1 Å². The topological polar surface area (TPSA) is 112 Å². The summed E-state index contributed by atoms with van der Waals surface area (Å²) >= 11 is 0. The quantitative estimate of drug-likeness (QED) is 0.154. The molecule has 2 aromatic heterocycles. The van der Waals surface area contributed by atoms with Crippen molar-refractivity contribution in [2.24, 2.45) is 0 Å². The van der Waals surface area contributed by atoms with Crippen molar-refractivity contribution in [1.82, 2.24) is 24.8 Å². The lowest BCUT2D eigenvalue weighted by atomic mass is 9.95. The van der Waals surface area contributed by atoms with Gasteiger partial charge in [0.15, 0.2) is 12.6 Å². The first-order valence-electron chi connectivity index (χ1n) is 19.1. The molecule has 5 aliphatic rings. The van der Waals surface area contributed by atoms with E-state index in [1.165, 1.54) is 25.3 Å². The largest absolute Gasteiger partial charge is 0.475 e. The van der Waals surface area contributed by atoms with E-state index in [0.29, 0.717) is 42.9 Å². The van der Waals surface area contributed by atoms with Gasteiger partial charge in [0, 0.05) is 37.6 Å². The molecule has 9 rings (SSSR count). The third kappa shape index (κ3) is 6.00. The number of alkyl halides is 1. The van der Waals surface area contributed by atoms with E-state index in [9.17, 15) is 9.18 Å². The van der Waals surface area contributed by atoms with E-state index in [2.05, 4.69) is 15.8 Å². The number of amides is 1. The van der Waals surface area contributed by atoms with Crippen LogP contribution in [0.2, 0.25) is 0 Å². The van der Waals surface area contributed by atoms with Gasteiger partial charge in [0.2, 0.25) is 5.88 Å². The van der Waals surface area contributed by atoms with Crippen LogP contribution >= 0.6 is 0 Å². The molecule has 0 aliphatic carbocycles. The van der Waals surface area contributed by atoms with Gasteiger partial charge in [0.1, 0.15) is 59.0 Å². The highest BCUT2D eigenvalue weighted by molar-refractivity contribution is 6.04. The van der Waals surface area contributed by atoms with E-state index < -0.39 is 41.1 Å². The number of hydrogen-bond donors (Lipinski definition) is 0. The minimum Gasteiger partial charge on any atom is -0.475 e. The zero-order chi connectivity index (χ0) is 39.1. The lowest BCUT2D eigenvalue weighted by Gasteiger charge is -2.46. The van der Waals surface area contributed by atoms with E-state index in [0.717, 1.165) is 25.8 Å². The van der Waals surface area contributed by atoms with E-state index >= 15 is 8.78 Å². The highest BCUT2D eigenvalue weighted by Gasteiger charge is 2.52. The molecule has 0 radical (unpaired) electrons. The van der Waals surface area contributed by atoms with Crippen LogP contribution in [-0.2, 0) is 9.47 Å². The SMILES string of the molecule is C#Cc1c(F)ccc2cc(OCOC)cc(-c3nc4c5c(nc(OC[C@@]67CCCN6C[C@H](F)C7)nc5c3F)N3C[C@H]5CC[C@@H]([C@@H]3CO4)N5C(=O)OC(C)(C)C)c12. The van der Waals surface area contributed by atoms with Gasteiger partial charge in [0.25, 0.3) is 0 Å². The Bertz CT molecular complexity index is 2300. The summed E-state index contributed by atoms with van der Waals surface area (Å²) in [5.41, 5.74) is -1.46. The number of benzene rings is 2. The number of pyridine rings is 1. The number of fused-ring (bicyclic) bond motifs is 7. The van der Waals surface area contributed by atoms with Gasteiger partial charge in [-0.3, -0.25) is 9.80 Å². The van der Waals surface area contributed by atoms with Crippen molar-refractivity contribution >= 4 is 33.6 Å². The predicted octanol–water partition coefficient (Wildman–Crippen LogP) is 6.39. The average molecular weight is 773 g/mol. The number of nitrogens with zero attached hydrogens (tertiary/aromatic N) is 6. The Kier molecular flexibility index (Phi) is 8.85. The Hall–Kier alpha value is -5.07. The van der Waals surface area contributed by atoms with Crippen molar-refractivity contribution in [3.8, 4) is 41.2 Å². The highest BCUT2D eigenvalue weighted by atomic mass is 19.1. The Labute approximate surface area is 322 Å². The molecule has 12 nitrogen and oxygen atoms in total. The van der Waals surface area contributed by atoms with Crippen LogP contribution < -0.4 is 19.1 Å². The molecule has 0 saturated carbocycles. The number of carbonyl (C=O) groups is 1. The van der Waals surface area contributed by atoms with Crippen molar-refractivity contribution in [2.75, 3.05) is 51.7 Å². The molecule has 4 fully saturated rings. The highest BCUT2D eigenvalue weighted by Crippen LogP contribution is 2.47. The fraction of sp³-hybridized carbons (Fsp3) is 0.512. The van der Waals surface area contributed by atoms with Gasteiger partial charge in [-0.1, -0.05) is 12.0 Å². The number of hydrogen-bond acceptors (Lipinski definition) is 11. The summed E-state index contributed by atoms with van der Waals surface area (Å²) in [5, 5.41) is 0.970.